The van der Waals surface area contributed by atoms with Gasteiger partial charge in [-0.15, -0.1) is 0 Å². The van der Waals surface area contributed by atoms with E-state index in [9.17, 15) is 4.79 Å². The SMILES string of the molecule is NC(=S)CN1CCN(C(=O)C2CCC2)CC1. The lowest BCUT2D eigenvalue weighted by Crippen LogP contribution is -2.52. The van der Waals surface area contributed by atoms with Crippen LogP contribution >= 0.6 is 12.2 Å². The first kappa shape index (κ1) is 11.8. The summed E-state index contributed by atoms with van der Waals surface area (Å²) in [4.78, 5) is 16.7. The number of amides is 1. The second kappa shape index (κ2) is 5.10. The molecule has 2 fully saturated rings. The van der Waals surface area contributed by atoms with Gasteiger partial charge in [-0.25, -0.2) is 0 Å². The molecule has 0 bridgehead atoms. The summed E-state index contributed by atoms with van der Waals surface area (Å²) in [5.74, 6) is 0.684. The van der Waals surface area contributed by atoms with E-state index in [2.05, 4.69) is 4.90 Å². The van der Waals surface area contributed by atoms with Crippen molar-refractivity contribution in [2.75, 3.05) is 32.7 Å². The number of piperazine rings is 1. The summed E-state index contributed by atoms with van der Waals surface area (Å²) in [6, 6.07) is 0. The maximum Gasteiger partial charge on any atom is 0.225 e. The first-order chi connectivity index (χ1) is 7.66. The fraction of sp³-hybridized carbons (Fsp3) is 0.818. The number of thiocarbonyl (C=S) groups is 1. The van der Waals surface area contributed by atoms with E-state index >= 15 is 0 Å². The van der Waals surface area contributed by atoms with Gasteiger partial charge in [-0.1, -0.05) is 18.6 Å². The van der Waals surface area contributed by atoms with Crippen molar-refractivity contribution in [1.29, 1.82) is 0 Å². The van der Waals surface area contributed by atoms with E-state index in [-0.39, 0.29) is 0 Å². The van der Waals surface area contributed by atoms with Crippen molar-refractivity contribution in [2.45, 2.75) is 19.3 Å². The summed E-state index contributed by atoms with van der Waals surface area (Å²) in [7, 11) is 0. The van der Waals surface area contributed by atoms with Crippen molar-refractivity contribution in [1.82, 2.24) is 9.80 Å². The van der Waals surface area contributed by atoms with Gasteiger partial charge in [-0.2, -0.15) is 0 Å². The first-order valence-corrected chi connectivity index (χ1v) is 6.37. The van der Waals surface area contributed by atoms with Crippen molar-refractivity contribution < 1.29 is 4.79 Å². The first-order valence-electron chi connectivity index (χ1n) is 5.96. The summed E-state index contributed by atoms with van der Waals surface area (Å²) in [6.45, 7) is 4.14. The van der Waals surface area contributed by atoms with Gasteiger partial charge in [0.25, 0.3) is 0 Å². The highest BCUT2D eigenvalue weighted by Gasteiger charge is 2.31. The Hall–Kier alpha value is -0.680. The number of rotatable bonds is 3. The number of hydrogen-bond acceptors (Lipinski definition) is 3. The van der Waals surface area contributed by atoms with Crippen molar-refractivity contribution >= 4 is 23.1 Å². The summed E-state index contributed by atoms with van der Waals surface area (Å²) >= 11 is 4.88. The van der Waals surface area contributed by atoms with Crippen LogP contribution < -0.4 is 5.73 Å². The fourth-order valence-corrected chi connectivity index (χ4v) is 2.44. The van der Waals surface area contributed by atoms with Crippen LogP contribution in [0.3, 0.4) is 0 Å². The molecule has 2 N–H and O–H groups in total. The Labute approximate surface area is 102 Å². The number of nitrogens with zero attached hydrogens (tertiary/aromatic N) is 2. The summed E-state index contributed by atoms with van der Waals surface area (Å²) in [5.41, 5.74) is 5.51. The molecule has 1 amide bonds. The average Bonchev–Trinajstić information content (AvgIpc) is 2.15. The Kier molecular flexibility index (Phi) is 3.76. The monoisotopic (exact) mass is 241 g/mol. The third kappa shape index (κ3) is 2.71. The maximum atomic E-state index is 12.0. The van der Waals surface area contributed by atoms with Crippen molar-refractivity contribution in [3.63, 3.8) is 0 Å². The normalized spacial score (nSPS) is 22.9. The number of hydrogen-bond donors (Lipinski definition) is 1. The van der Waals surface area contributed by atoms with Gasteiger partial charge in [0, 0.05) is 38.6 Å². The lowest BCUT2D eigenvalue weighted by molar-refractivity contribution is -0.139. The summed E-state index contributed by atoms with van der Waals surface area (Å²) < 4.78 is 0. The van der Waals surface area contributed by atoms with Gasteiger partial charge in [0.05, 0.1) is 4.99 Å². The average molecular weight is 241 g/mol. The molecule has 0 aromatic carbocycles. The Morgan fingerprint density at radius 3 is 2.31 bits per heavy atom. The summed E-state index contributed by atoms with van der Waals surface area (Å²) in [5, 5.41) is 0. The van der Waals surface area contributed by atoms with E-state index in [1.807, 2.05) is 4.90 Å². The molecule has 1 heterocycles. The lowest BCUT2D eigenvalue weighted by atomic mass is 9.84. The molecule has 1 aliphatic carbocycles. The molecule has 2 aliphatic rings. The lowest BCUT2D eigenvalue weighted by Gasteiger charge is -2.38. The van der Waals surface area contributed by atoms with Crippen LogP contribution in [0.2, 0.25) is 0 Å². The number of nitrogens with two attached hydrogens (primary N) is 1. The van der Waals surface area contributed by atoms with Crippen LogP contribution in [0.5, 0.6) is 0 Å². The minimum Gasteiger partial charge on any atom is -0.392 e. The largest absolute Gasteiger partial charge is 0.392 e. The second-order valence-corrected chi connectivity index (χ2v) is 5.22. The van der Waals surface area contributed by atoms with Gasteiger partial charge in [-0.3, -0.25) is 9.69 Å². The van der Waals surface area contributed by atoms with Crippen LogP contribution in [0.1, 0.15) is 19.3 Å². The second-order valence-electron chi connectivity index (χ2n) is 4.70. The third-order valence-electron chi connectivity index (χ3n) is 3.52. The molecule has 16 heavy (non-hydrogen) atoms. The molecule has 0 aromatic heterocycles. The quantitative estimate of drug-likeness (QED) is 0.718. The molecular formula is C11H19N3OS. The van der Waals surface area contributed by atoms with Crippen LogP contribution in [-0.2, 0) is 4.79 Å². The van der Waals surface area contributed by atoms with Crippen LogP contribution in [0, 0.1) is 5.92 Å². The summed E-state index contributed by atoms with van der Waals surface area (Å²) in [6.07, 6.45) is 3.40. The molecule has 90 valence electrons. The Morgan fingerprint density at radius 1 is 1.25 bits per heavy atom. The predicted molar refractivity (Wildman–Crippen MR) is 67.1 cm³/mol. The molecule has 1 saturated heterocycles. The van der Waals surface area contributed by atoms with Crippen LogP contribution in [0.25, 0.3) is 0 Å². The Bertz CT molecular complexity index is 283. The van der Waals surface area contributed by atoms with E-state index in [0.717, 1.165) is 39.0 Å². The van der Waals surface area contributed by atoms with Gasteiger partial charge < -0.3 is 10.6 Å². The molecule has 1 aliphatic heterocycles. The standard InChI is InChI=1S/C11H19N3OS/c12-10(16)8-13-4-6-14(7-5-13)11(15)9-2-1-3-9/h9H,1-8H2,(H2,12,16). The maximum absolute atomic E-state index is 12.0. The van der Waals surface area contributed by atoms with Crippen molar-refractivity contribution in [2.24, 2.45) is 11.7 Å². The van der Waals surface area contributed by atoms with Crippen molar-refractivity contribution in [3.05, 3.63) is 0 Å². The van der Waals surface area contributed by atoms with Gasteiger partial charge >= 0.3 is 0 Å². The zero-order chi connectivity index (χ0) is 11.5. The smallest absolute Gasteiger partial charge is 0.225 e. The van der Waals surface area contributed by atoms with E-state index in [4.69, 9.17) is 18.0 Å². The molecule has 0 radical (unpaired) electrons. The predicted octanol–water partition coefficient (Wildman–Crippen LogP) is 0.217. The minimum atomic E-state index is 0.321. The Morgan fingerprint density at radius 2 is 1.88 bits per heavy atom. The van der Waals surface area contributed by atoms with E-state index < -0.39 is 0 Å². The molecule has 0 atom stereocenters. The van der Waals surface area contributed by atoms with E-state index in [1.54, 1.807) is 0 Å². The number of carbonyl (C=O) groups excluding carboxylic acids is 1. The molecule has 0 aromatic rings. The fourth-order valence-electron chi connectivity index (χ4n) is 2.26. The highest BCUT2D eigenvalue weighted by Crippen LogP contribution is 2.28. The van der Waals surface area contributed by atoms with Crippen LogP contribution in [0.4, 0.5) is 0 Å². The van der Waals surface area contributed by atoms with E-state index in [1.165, 1.54) is 6.42 Å². The molecule has 0 unspecified atom stereocenters. The molecule has 1 saturated carbocycles. The van der Waals surface area contributed by atoms with Gasteiger partial charge in [0.1, 0.15) is 0 Å². The van der Waals surface area contributed by atoms with Gasteiger partial charge in [-0.05, 0) is 12.8 Å². The van der Waals surface area contributed by atoms with E-state index in [0.29, 0.717) is 23.4 Å². The van der Waals surface area contributed by atoms with Gasteiger partial charge in [0.15, 0.2) is 0 Å². The zero-order valence-corrected chi connectivity index (χ0v) is 10.3. The molecule has 4 nitrogen and oxygen atoms in total. The topological polar surface area (TPSA) is 49.6 Å². The van der Waals surface area contributed by atoms with Crippen LogP contribution in [-0.4, -0.2) is 53.4 Å². The molecule has 5 heteroatoms. The molecular weight excluding hydrogens is 222 g/mol. The van der Waals surface area contributed by atoms with Crippen LogP contribution in [0.15, 0.2) is 0 Å². The Balaban J connectivity index is 1.76. The van der Waals surface area contributed by atoms with Crippen molar-refractivity contribution in [3.8, 4) is 0 Å². The third-order valence-corrected chi connectivity index (χ3v) is 3.65. The molecule has 0 spiro atoms. The highest BCUT2D eigenvalue weighted by atomic mass is 32.1. The van der Waals surface area contributed by atoms with Gasteiger partial charge in [0.2, 0.25) is 5.91 Å². The minimum absolute atomic E-state index is 0.321. The molecule has 2 rings (SSSR count). The number of carbonyl (C=O) groups is 1. The zero-order valence-electron chi connectivity index (χ0n) is 9.52. The highest BCUT2D eigenvalue weighted by molar-refractivity contribution is 7.80.